The van der Waals surface area contributed by atoms with Gasteiger partial charge in [-0.1, -0.05) is 11.2 Å². The van der Waals surface area contributed by atoms with Crippen molar-refractivity contribution in [2.75, 3.05) is 6.61 Å². The number of hydrogen-bond acceptors (Lipinski definition) is 8. The highest BCUT2D eigenvalue weighted by atomic mass is 79.9. The molecule has 10 heteroatoms. The summed E-state index contributed by atoms with van der Waals surface area (Å²) in [4.78, 5) is 46.2. The fourth-order valence-electron chi connectivity index (χ4n) is 2.71. The van der Waals surface area contributed by atoms with E-state index in [-0.39, 0.29) is 30.7 Å². The first kappa shape index (κ1) is 20.3. The molecule has 0 radical (unpaired) electrons. The standard InChI is InChI=1S/C18H19BrN2O7/c19-12-9-11(4-5-14(12)22)10-13(20-27-17-3-1-2-8-26-17)18(25)28-21-15(23)6-7-16(21)24/h4-5,9,17,22H,1-3,6-8,10H2/b20-13+. The van der Waals surface area contributed by atoms with Gasteiger partial charge in [-0.2, -0.15) is 0 Å². The van der Waals surface area contributed by atoms with Gasteiger partial charge in [-0.05, 0) is 46.5 Å². The number of halogens is 1. The van der Waals surface area contributed by atoms with E-state index in [1.54, 1.807) is 12.1 Å². The third-order valence-corrected chi connectivity index (χ3v) is 4.85. The van der Waals surface area contributed by atoms with Crippen LogP contribution in [0.15, 0.2) is 27.8 Å². The van der Waals surface area contributed by atoms with Gasteiger partial charge in [0.2, 0.25) is 6.29 Å². The maximum absolute atomic E-state index is 12.5. The highest BCUT2D eigenvalue weighted by molar-refractivity contribution is 9.10. The second-order valence-corrected chi connectivity index (χ2v) is 7.22. The van der Waals surface area contributed by atoms with Crippen LogP contribution in [0.3, 0.4) is 0 Å². The molecule has 1 N–H and O–H groups in total. The predicted molar refractivity (Wildman–Crippen MR) is 98.8 cm³/mol. The molecule has 2 aliphatic heterocycles. The minimum absolute atomic E-state index is 0.000649. The Balaban J connectivity index is 1.76. The van der Waals surface area contributed by atoms with Gasteiger partial charge >= 0.3 is 5.97 Å². The zero-order valence-electron chi connectivity index (χ0n) is 14.9. The number of carbonyl (C=O) groups excluding carboxylic acids is 3. The van der Waals surface area contributed by atoms with Gasteiger partial charge in [0, 0.05) is 25.7 Å². The van der Waals surface area contributed by atoms with Crippen LogP contribution >= 0.6 is 15.9 Å². The largest absolute Gasteiger partial charge is 0.507 e. The molecule has 2 fully saturated rings. The molecule has 0 bridgehead atoms. The summed E-state index contributed by atoms with van der Waals surface area (Å²) in [6.07, 6.45) is 1.91. The first-order chi connectivity index (χ1) is 13.4. The maximum atomic E-state index is 12.5. The number of aromatic hydroxyl groups is 1. The van der Waals surface area contributed by atoms with Crippen molar-refractivity contribution >= 4 is 39.4 Å². The molecule has 1 atom stereocenters. The molecule has 9 nitrogen and oxygen atoms in total. The number of ether oxygens (including phenoxy) is 1. The van der Waals surface area contributed by atoms with Crippen molar-refractivity contribution in [2.45, 2.75) is 44.8 Å². The van der Waals surface area contributed by atoms with Crippen molar-refractivity contribution in [2.24, 2.45) is 5.16 Å². The van der Waals surface area contributed by atoms with E-state index in [1.165, 1.54) is 6.07 Å². The predicted octanol–water partition coefficient (Wildman–Crippen LogP) is 2.20. The van der Waals surface area contributed by atoms with E-state index < -0.39 is 24.1 Å². The van der Waals surface area contributed by atoms with Crippen molar-refractivity contribution in [3.8, 4) is 5.75 Å². The van der Waals surface area contributed by atoms with Gasteiger partial charge in [0.15, 0.2) is 5.71 Å². The number of hydrogen-bond donors (Lipinski definition) is 1. The van der Waals surface area contributed by atoms with Gasteiger partial charge in [-0.3, -0.25) is 9.59 Å². The molecule has 0 spiro atoms. The monoisotopic (exact) mass is 454 g/mol. The average Bonchev–Trinajstić information content (AvgIpc) is 3.00. The highest BCUT2D eigenvalue weighted by Crippen LogP contribution is 2.25. The van der Waals surface area contributed by atoms with Crippen LogP contribution in [0, 0.1) is 0 Å². The smallest absolute Gasteiger partial charge is 0.381 e. The van der Waals surface area contributed by atoms with E-state index >= 15 is 0 Å². The van der Waals surface area contributed by atoms with Crippen LogP contribution in [-0.4, -0.2) is 46.6 Å². The molecule has 0 aromatic heterocycles. The summed E-state index contributed by atoms with van der Waals surface area (Å²) in [6.45, 7) is 0.543. The maximum Gasteiger partial charge on any atom is 0.381 e. The molecule has 2 heterocycles. The van der Waals surface area contributed by atoms with Crippen molar-refractivity contribution < 1.29 is 33.9 Å². The number of benzene rings is 1. The van der Waals surface area contributed by atoms with Crippen LogP contribution in [0.5, 0.6) is 5.75 Å². The van der Waals surface area contributed by atoms with Crippen LogP contribution in [0.4, 0.5) is 0 Å². The second-order valence-electron chi connectivity index (χ2n) is 6.36. The molecule has 2 saturated heterocycles. The average molecular weight is 455 g/mol. The molecular formula is C18H19BrN2O7. The van der Waals surface area contributed by atoms with Gasteiger partial charge in [-0.15, -0.1) is 5.06 Å². The topological polar surface area (TPSA) is 115 Å². The Morgan fingerprint density at radius 3 is 2.68 bits per heavy atom. The van der Waals surface area contributed by atoms with Gasteiger partial charge in [0.25, 0.3) is 11.8 Å². The number of rotatable bonds is 6. The third-order valence-electron chi connectivity index (χ3n) is 4.22. The molecule has 0 aliphatic carbocycles. The van der Waals surface area contributed by atoms with E-state index in [1.807, 2.05) is 0 Å². The summed E-state index contributed by atoms with van der Waals surface area (Å²) >= 11 is 3.21. The lowest BCUT2D eigenvalue weighted by atomic mass is 10.1. The lowest BCUT2D eigenvalue weighted by Gasteiger charge is -2.20. The van der Waals surface area contributed by atoms with Gasteiger partial charge in [-0.25, -0.2) is 4.79 Å². The lowest BCUT2D eigenvalue weighted by molar-refractivity contribution is -0.193. The number of hydroxylamine groups is 2. The quantitative estimate of drug-likeness (QED) is 0.397. The Morgan fingerprint density at radius 2 is 2.04 bits per heavy atom. The van der Waals surface area contributed by atoms with Gasteiger partial charge in [0.1, 0.15) is 5.75 Å². The molecule has 3 rings (SSSR count). The zero-order chi connectivity index (χ0) is 20.1. The van der Waals surface area contributed by atoms with Crippen LogP contribution in [-0.2, 0) is 35.2 Å². The SMILES string of the molecule is O=C(ON1C(=O)CCC1=O)/C(Cc1ccc(O)c(Br)c1)=N/OC1CCCCO1. The lowest BCUT2D eigenvalue weighted by Crippen LogP contribution is -2.35. The van der Waals surface area contributed by atoms with Crippen molar-refractivity contribution in [1.29, 1.82) is 0 Å². The molecule has 2 aliphatic rings. The molecule has 1 unspecified atom stereocenters. The van der Waals surface area contributed by atoms with Crippen LogP contribution in [0.2, 0.25) is 0 Å². The minimum Gasteiger partial charge on any atom is -0.507 e. The number of amides is 2. The number of phenolic OH excluding ortho intramolecular Hbond substituents is 1. The van der Waals surface area contributed by atoms with E-state index in [2.05, 4.69) is 21.1 Å². The molecule has 1 aromatic carbocycles. The second kappa shape index (κ2) is 9.16. The first-order valence-electron chi connectivity index (χ1n) is 8.84. The van der Waals surface area contributed by atoms with Crippen LogP contribution < -0.4 is 0 Å². The third kappa shape index (κ3) is 5.08. The summed E-state index contributed by atoms with van der Waals surface area (Å²) in [5, 5.41) is 14.0. The molecule has 28 heavy (non-hydrogen) atoms. The molecule has 150 valence electrons. The van der Waals surface area contributed by atoms with E-state index in [0.29, 0.717) is 28.1 Å². The summed E-state index contributed by atoms with van der Waals surface area (Å²) in [6, 6.07) is 4.68. The van der Waals surface area contributed by atoms with Crippen LogP contribution in [0.25, 0.3) is 0 Å². The Labute approximate surface area is 169 Å². The van der Waals surface area contributed by atoms with Crippen molar-refractivity contribution in [3.05, 3.63) is 28.2 Å². The summed E-state index contributed by atoms with van der Waals surface area (Å²) < 4.78 is 5.86. The number of phenols is 1. The summed E-state index contributed by atoms with van der Waals surface area (Å²) in [5.74, 6) is -2.09. The fourth-order valence-corrected chi connectivity index (χ4v) is 3.13. The Morgan fingerprint density at radius 1 is 1.29 bits per heavy atom. The summed E-state index contributed by atoms with van der Waals surface area (Å²) in [5.41, 5.74) is 0.492. The molecule has 1 aromatic rings. The van der Waals surface area contributed by atoms with E-state index in [4.69, 9.17) is 14.4 Å². The number of imide groups is 1. The van der Waals surface area contributed by atoms with Crippen molar-refractivity contribution in [1.82, 2.24) is 5.06 Å². The summed E-state index contributed by atoms with van der Waals surface area (Å²) in [7, 11) is 0. The zero-order valence-corrected chi connectivity index (χ0v) is 16.5. The normalized spacial score (nSPS) is 20.4. The minimum atomic E-state index is -0.969. The van der Waals surface area contributed by atoms with E-state index in [9.17, 15) is 19.5 Å². The molecular weight excluding hydrogens is 436 g/mol. The Bertz CT molecular complexity index is 789. The number of oxime groups is 1. The Kier molecular flexibility index (Phi) is 6.63. The van der Waals surface area contributed by atoms with Crippen molar-refractivity contribution in [3.63, 3.8) is 0 Å². The Hall–Kier alpha value is -2.46. The highest BCUT2D eigenvalue weighted by Gasteiger charge is 2.34. The number of nitrogens with zero attached hydrogens (tertiary/aromatic N) is 2. The van der Waals surface area contributed by atoms with Gasteiger partial charge < -0.3 is 19.5 Å². The molecule has 2 amide bonds. The fraction of sp³-hybridized carbons (Fsp3) is 0.444. The number of carbonyl (C=O) groups is 3. The van der Waals surface area contributed by atoms with Gasteiger partial charge in [0.05, 0.1) is 11.1 Å². The van der Waals surface area contributed by atoms with Crippen LogP contribution in [0.1, 0.15) is 37.7 Å². The van der Waals surface area contributed by atoms with E-state index in [0.717, 1.165) is 12.8 Å². The first-order valence-corrected chi connectivity index (χ1v) is 9.63. The molecule has 0 saturated carbocycles.